The molecule has 0 aliphatic carbocycles. The first-order valence-electron chi connectivity index (χ1n) is 27.1. The van der Waals surface area contributed by atoms with Crippen LogP contribution in [0.2, 0.25) is 0 Å². The second kappa shape index (κ2) is 53.2. The molecular weight excluding hydrogens is 805 g/mol. The SMILES string of the molecule is CC/C=C\C/C=C\C/C=C\CCCCCCCC(=O)O[C@@H](COC(=O)CCC/C=C\C/C=C\C/C=C\C/C=C\CCCCC)COC(=O)CCCCCCCCCCCCCCCCC. The third-order valence-corrected chi connectivity index (χ3v) is 11.4. The second-order valence-electron chi connectivity index (χ2n) is 17.8. The maximum Gasteiger partial charge on any atom is 0.306 e. The van der Waals surface area contributed by atoms with Gasteiger partial charge >= 0.3 is 17.9 Å². The lowest BCUT2D eigenvalue weighted by molar-refractivity contribution is -0.167. The fourth-order valence-electron chi connectivity index (χ4n) is 7.33. The van der Waals surface area contributed by atoms with Crippen molar-refractivity contribution in [2.45, 2.75) is 258 Å². The summed E-state index contributed by atoms with van der Waals surface area (Å²) in [5.74, 6) is -0.972. The molecule has 0 saturated heterocycles. The summed E-state index contributed by atoms with van der Waals surface area (Å²) in [6, 6.07) is 0. The van der Waals surface area contributed by atoms with Gasteiger partial charge in [0, 0.05) is 19.3 Å². The Balaban J connectivity index is 4.49. The van der Waals surface area contributed by atoms with Crippen molar-refractivity contribution in [2.24, 2.45) is 0 Å². The third-order valence-electron chi connectivity index (χ3n) is 11.4. The van der Waals surface area contributed by atoms with Crippen molar-refractivity contribution >= 4 is 17.9 Å². The zero-order valence-electron chi connectivity index (χ0n) is 42.5. The summed E-state index contributed by atoms with van der Waals surface area (Å²) in [6.45, 7) is 6.44. The molecule has 0 saturated carbocycles. The minimum atomic E-state index is -0.806. The van der Waals surface area contributed by atoms with E-state index in [2.05, 4.69) is 106 Å². The molecule has 0 radical (unpaired) electrons. The van der Waals surface area contributed by atoms with Gasteiger partial charge in [-0.2, -0.15) is 0 Å². The highest BCUT2D eigenvalue weighted by molar-refractivity contribution is 5.71. The van der Waals surface area contributed by atoms with E-state index in [4.69, 9.17) is 14.2 Å². The van der Waals surface area contributed by atoms with Crippen LogP contribution >= 0.6 is 0 Å². The lowest BCUT2D eigenvalue weighted by Crippen LogP contribution is -2.30. The zero-order chi connectivity index (χ0) is 47.2. The molecule has 0 bridgehead atoms. The molecule has 6 nitrogen and oxygen atoms in total. The van der Waals surface area contributed by atoms with Gasteiger partial charge < -0.3 is 14.2 Å². The summed E-state index contributed by atoms with van der Waals surface area (Å²) in [4.78, 5) is 38.0. The first-order chi connectivity index (χ1) is 32.0. The molecule has 0 aliphatic rings. The van der Waals surface area contributed by atoms with Crippen LogP contribution in [0, 0.1) is 0 Å². The van der Waals surface area contributed by atoms with Crippen molar-refractivity contribution in [3.8, 4) is 0 Å². The smallest absolute Gasteiger partial charge is 0.306 e. The van der Waals surface area contributed by atoms with Gasteiger partial charge in [0.05, 0.1) is 0 Å². The van der Waals surface area contributed by atoms with Crippen LogP contribution in [0.25, 0.3) is 0 Å². The first-order valence-corrected chi connectivity index (χ1v) is 27.1. The predicted octanol–water partition coefficient (Wildman–Crippen LogP) is 18.0. The molecular formula is C59H100O6. The van der Waals surface area contributed by atoms with Crippen LogP contribution in [-0.2, 0) is 28.6 Å². The van der Waals surface area contributed by atoms with Crippen molar-refractivity contribution in [3.63, 3.8) is 0 Å². The van der Waals surface area contributed by atoms with Crippen LogP contribution < -0.4 is 0 Å². The number of allylic oxidation sites excluding steroid dienone is 14. The summed E-state index contributed by atoms with van der Waals surface area (Å²) in [7, 11) is 0. The highest BCUT2D eigenvalue weighted by Gasteiger charge is 2.19. The van der Waals surface area contributed by atoms with Crippen molar-refractivity contribution in [1.82, 2.24) is 0 Å². The van der Waals surface area contributed by atoms with Crippen molar-refractivity contribution in [1.29, 1.82) is 0 Å². The normalized spacial score (nSPS) is 12.7. The molecule has 0 aromatic heterocycles. The van der Waals surface area contributed by atoms with Crippen LogP contribution in [0.15, 0.2) is 85.1 Å². The van der Waals surface area contributed by atoms with E-state index in [0.29, 0.717) is 19.3 Å². The van der Waals surface area contributed by atoms with Gasteiger partial charge in [-0.1, -0.05) is 228 Å². The highest BCUT2D eigenvalue weighted by Crippen LogP contribution is 2.15. The fraction of sp³-hybridized carbons (Fsp3) is 0.712. The van der Waals surface area contributed by atoms with Gasteiger partial charge in [0.2, 0.25) is 0 Å². The summed E-state index contributed by atoms with van der Waals surface area (Å²) >= 11 is 0. The topological polar surface area (TPSA) is 78.9 Å². The average Bonchev–Trinajstić information content (AvgIpc) is 3.30. The molecule has 372 valence electrons. The van der Waals surface area contributed by atoms with Crippen LogP contribution in [-0.4, -0.2) is 37.2 Å². The Morgan fingerprint density at radius 1 is 0.323 bits per heavy atom. The molecule has 0 rings (SSSR count). The number of carbonyl (C=O) groups is 3. The minimum absolute atomic E-state index is 0.0992. The van der Waals surface area contributed by atoms with Crippen LogP contribution in [0.5, 0.6) is 0 Å². The molecule has 0 spiro atoms. The largest absolute Gasteiger partial charge is 0.462 e. The number of hydrogen-bond donors (Lipinski definition) is 0. The van der Waals surface area contributed by atoms with Crippen molar-refractivity contribution in [2.75, 3.05) is 13.2 Å². The van der Waals surface area contributed by atoms with Gasteiger partial charge in [-0.25, -0.2) is 0 Å². The van der Waals surface area contributed by atoms with Gasteiger partial charge in [-0.05, 0) is 89.9 Å². The quantitative estimate of drug-likeness (QED) is 0.0262. The van der Waals surface area contributed by atoms with Gasteiger partial charge in [-0.3, -0.25) is 14.4 Å². The van der Waals surface area contributed by atoms with Gasteiger partial charge in [0.25, 0.3) is 0 Å². The van der Waals surface area contributed by atoms with E-state index in [1.807, 2.05) is 0 Å². The Morgan fingerprint density at radius 3 is 1.03 bits per heavy atom. The average molecular weight is 905 g/mol. The second-order valence-corrected chi connectivity index (χ2v) is 17.8. The summed E-state index contributed by atoms with van der Waals surface area (Å²) in [6.07, 6.45) is 68.6. The molecule has 0 heterocycles. The zero-order valence-corrected chi connectivity index (χ0v) is 42.5. The number of carbonyl (C=O) groups excluding carboxylic acids is 3. The number of rotatable bonds is 48. The molecule has 1 atom stereocenters. The Hall–Kier alpha value is -3.41. The molecule has 6 heteroatoms. The Kier molecular flexibility index (Phi) is 50.4. The van der Waals surface area contributed by atoms with E-state index in [1.165, 1.54) is 103 Å². The standard InChI is InChI=1S/C59H100O6/c1-4-7-10-13-16-19-22-25-28-29-32-34-37-40-43-46-49-52-58(61)64-55-56(65-59(62)53-50-47-44-41-38-35-31-27-24-21-18-15-12-9-6-3)54-63-57(60)51-48-45-42-39-36-33-30-26-23-20-17-14-11-8-5-2/h9,12,16,18-19,21,25,27-28,31-32,34,40,43,56H,4-8,10-11,13-15,17,20,22-24,26,29-30,33,35-39,41-42,44-55H2,1-3H3/b12-9-,19-16-,21-18-,28-25-,31-27-,34-32-,43-40-/t56-/m1/s1. The Bertz CT molecular complexity index is 1270. The lowest BCUT2D eigenvalue weighted by atomic mass is 10.0. The van der Waals surface area contributed by atoms with Gasteiger partial charge in [0.1, 0.15) is 13.2 Å². The lowest BCUT2D eigenvalue weighted by Gasteiger charge is -2.18. The van der Waals surface area contributed by atoms with E-state index in [1.54, 1.807) is 0 Å². The van der Waals surface area contributed by atoms with E-state index in [9.17, 15) is 14.4 Å². The van der Waals surface area contributed by atoms with E-state index >= 15 is 0 Å². The summed E-state index contributed by atoms with van der Waals surface area (Å²) in [5.41, 5.74) is 0. The maximum absolute atomic E-state index is 12.8. The molecule has 65 heavy (non-hydrogen) atoms. The monoisotopic (exact) mass is 905 g/mol. The van der Waals surface area contributed by atoms with Crippen LogP contribution in [0.3, 0.4) is 0 Å². The van der Waals surface area contributed by atoms with Crippen molar-refractivity contribution < 1.29 is 28.6 Å². The number of hydrogen-bond acceptors (Lipinski definition) is 6. The molecule has 0 amide bonds. The Labute approximate surface area is 401 Å². The molecule has 0 N–H and O–H groups in total. The molecule has 0 aromatic carbocycles. The third kappa shape index (κ3) is 51.4. The predicted molar refractivity (Wildman–Crippen MR) is 279 cm³/mol. The van der Waals surface area contributed by atoms with E-state index < -0.39 is 6.10 Å². The van der Waals surface area contributed by atoms with E-state index in [-0.39, 0.29) is 37.5 Å². The van der Waals surface area contributed by atoms with Crippen molar-refractivity contribution in [3.05, 3.63) is 85.1 Å². The molecule has 0 aromatic rings. The minimum Gasteiger partial charge on any atom is -0.462 e. The van der Waals surface area contributed by atoms with Crippen LogP contribution in [0.1, 0.15) is 252 Å². The molecule has 0 fully saturated rings. The molecule has 0 unspecified atom stereocenters. The van der Waals surface area contributed by atoms with Gasteiger partial charge in [0.15, 0.2) is 6.10 Å². The molecule has 0 aliphatic heterocycles. The van der Waals surface area contributed by atoms with Gasteiger partial charge in [-0.15, -0.1) is 0 Å². The first kappa shape index (κ1) is 61.6. The highest BCUT2D eigenvalue weighted by atomic mass is 16.6. The van der Waals surface area contributed by atoms with Crippen LogP contribution in [0.4, 0.5) is 0 Å². The number of esters is 3. The number of ether oxygens (including phenoxy) is 3. The summed E-state index contributed by atoms with van der Waals surface area (Å²) in [5, 5.41) is 0. The maximum atomic E-state index is 12.8. The fourth-order valence-corrected chi connectivity index (χ4v) is 7.33. The Morgan fingerprint density at radius 2 is 0.615 bits per heavy atom. The number of unbranched alkanes of at least 4 members (excludes halogenated alkanes) is 23. The summed E-state index contributed by atoms with van der Waals surface area (Å²) < 4.78 is 16.8. The van der Waals surface area contributed by atoms with E-state index in [0.717, 1.165) is 103 Å².